The lowest BCUT2D eigenvalue weighted by Crippen LogP contribution is -2.28. The first-order valence-corrected chi connectivity index (χ1v) is 9.82. The SMILES string of the molecule is CCOC(=O)c1cnn(-c2ccc(C(=O)N3CCc4ccc([N+](=O)[O-])cc43)cc2)c1C. The summed E-state index contributed by atoms with van der Waals surface area (Å²) in [5.41, 5.74) is 3.62. The maximum atomic E-state index is 13.0. The van der Waals surface area contributed by atoms with Crippen molar-refractivity contribution in [2.45, 2.75) is 20.3 Å². The number of fused-ring (bicyclic) bond motifs is 1. The van der Waals surface area contributed by atoms with Gasteiger partial charge in [0, 0.05) is 24.2 Å². The van der Waals surface area contributed by atoms with Crippen molar-refractivity contribution in [1.82, 2.24) is 9.78 Å². The summed E-state index contributed by atoms with van der Waals surface area (Å²) in [7, 11) is 0. The summed E-state index contributed by atoms with van der Waals surface area (Å²) in [6, 6.07) is 11.4. The number of carbonyl (C=O) groups is 2. The Morgan fingerprint density at radius 3 is 2.61 bits per heavy atom. The first-order chi connectivity index (χ1) is 14.9. The molecule has 4 rings (SSSR count). The lowest BCUT2D eigenvalue weighted by atomic mass is 10.1. The summed E-state index contributed by atoms with van der Waals surface area (Å²) in [6.07, 6.45) is 2.11. The lowest BCUT2D eigenvalue weighted by Gasteiger charge is -2.17. The van der Waals surface area contributed by atoms with Crippen molar-refractivity contribution in [1.29, 1.82) is 0 Å². The first kappa shape index (κ1) is 20.3. The van der Waals surface area contributed by atoms with Crippen LogP contribution in [0.25, 0.3) is 5.69 Å². The fraction of sp³-hybridized carbons (Fsp3) is 0.227. The lowest BCUT2D eigenvalue weighted by molar-refractivity contribution is -0.384. The molecule has 0 N–H and O–H groups in total. The van der Waals surface area contributed by atoms with E-state index in [1.54, 1.807) is 53.8 Å². The number of benzene rings is 2. The molecule has 0 aliphatic carbocycles. The molecule has 158 valence electrons. The number of hydrogen-bond donors (Lipinski definition) is 0. The molecule has 1 amide bonds. The second-order valence-electron chi connectivity index (χ2n) is 7.10. The zero-order valence-electron chi connectivity index (χ0n) is 17.1. The Morgan fingerprint density at radius 1 is 1.19 bits per heavy atom. The van der Waals surface area contributed by atoms with Crippen molar-refractivity contribution in [2.24, 2.45) is 0 Å². The summed E-state index contributed by atoms with van der Waals surface area (Å²) in [5.74, 6) is -0.657. The van der Waals surface area contributed by atoms with Crippen molar-refractivity contribution in [3.8, 4) is 5.69 Å². The van der Waals surface area contributed by atoms with E-state index in [2.05, 4.69) is 5.10 Å². The van der Waals surface area contributed by atoms with Gasteiger partial charge in [-0.2, -0.15) is 5.10 Å². The van der Waals surface area contributed by atoms with Crippen LogP contribution in [0, 0.1) is 17.0 Å². The van der Waals surface area contributed by atoms with Gasteiger partial charge in [-0.1, -0.05) is 6.07 Å². The highest BCUT2D eigenvalue weighted by Crippen LogP contribution is 2.32. The van der Waals surface area contributed by atoms with Gasteiger partial charge in [-0.25, -0.2) is 9.48 Å². The van der Waals surface area contributed by atoms with Gasteiger partial charge in [0.25, 0.3) is 11.6 Å². The third-order valence-corrected chi connectivity index (χ3v) is 5.28. The predicted octanol–water partition coefficient (Wildman–Crippen LogP) is 3.47. The van der Waals surface area contributed by atoms with Crippen LogP contribution in [0.4, 0.5) is 11.4 Å². The predicted molar refractivity (Wildman–Crippen MR) is 113 cm³/mol. The number of nitrogens with zero attached hydrogens (tertiary/aromatic N) is 4. The van der Waals surface area contributed by atoms with Crippen molar-refractivity contribution < 1.29 is 19.2 Å². The third-order valence-electron chi connectivity index (χ3n) is 5.28. The molecule has 0 saturated heterocycles. The maximum Gasteiger partial charge on any atom is 0.341 e. The summed E-state index contributed by atoms with van der Waals surface area (Å²) in [4.78, 5) is 37.2. The van der Waals surface area contributed by atoms with Crippen LogP contribution in [0.5, 0.6) is 0 Å². The van der Waals surface area contributed by atoms with E-state index < -0.39 is 10.9 Å². The number of nitro benzene ring substituents is 1. The number of carbonyl (C=O) groups excluding carboxylic acids is 2. The Labute approximate surface area is 178 Å². The molecular weight excluding hydrogens is 400 g/mol. The summed E-state index contributed by atoms with van der Waals surface area (Å²) >= 11 is 0. The Morgan fingerprint density at radius 2 is 1.94 bits per heavy atom. The molecule has 9 nitrogen and oxygen atoms in total. The largest absolute Gasteiger partial charge is 0.462 e. The molecular formula is C22H20N4O5. The molecule has 0 spiro atoms. The molecule has 0 atom stereocenters. The topological polar surface area (TPSA) is 108 Å². The minimum absolute atomic E-state index is 0.0413. The number of anilines is 1. The molecule has 1 aromatic heterocycles. The van der Waals surface area contributed by atoms with Crippen molar-refractivity contribution in [3.63, 3.8) is 0 Å². The van der Waals surface area contributed by atoms with Crippen LogP contribution < -0.4 is 4.90 Å². The summed E-state index contributed by atoms with van der Waals surface area (Å²) in [6.45, 7) is 4.26. The Hall–Kier alpha value is -4.01. The smallest absolute Gasteiger partial charge is 0.341 e. The molecule has 0 bridgehead atoms. The highest BCUT2D eigenvalue weighted by Gasteiger charge is 2.27. The molecule has 0 saturated carbocycles. The average molecular weight is 420 g/mol. The van der Waals surface area contributed by atoms with Crippen LogP contribution in [0.1, 0.15) is 38.9 Å². The molecule has 2 aromatic carbocycles. The van der Waals surface area contributed by atoms with Crippen molar-refractivity contribution in [3.05, 3.63) is 81.2 Å². The van der Waals surface area contributed by atoms with Gasteiger partial charge in [0.15, 0.2) is 0 Å². The number of amides is 1. The molecule has 2 heterocycles. The number of nitro groups is 1. The van der Waals surface area contributed by atoms with E-state index in [1.165, 1.54) is 18.3 Å². The first-order valence-electron chi connectivity index (χ1n) is 9.82. The van der Waals surface area contributed by atoms with Gasteiger partial charge >= 0.3 is 5.97 Å². The van der Waals surface area contributed by atoms with Crippen LogP contribution in [0.15, 0.2) is 48.7 Å². The van der Waals surface area contributed by atoms with Crippen molar-refractivity contribution in [2.75, 3.05) is 18.1 Å². The minimum atomic E-state index is -0.465. The Kier molecular flexibility index (Phi) is 5.24. The van der Waals surface area contributed by atoms with E-state index in [0.717, 1.165) is 5.56 Å². The minimum Gasteiger partial charge on any atom is -0.462 e. The van der Waals surface area contributed by atoms with Gasteiger partial charge in [0.1, 0.15) is 5.56 Å². The van der Waals surface area contributed by atoms with E-state index in [4.69, 9.17) is 4.74 Å². The Bertz CT molecular complexity index is 1180. The molecule has 0 unspecified atom stereocenters. The van der Waals surface area contributed by atoms with Gasteiger partial charge in [-0.15, -0.1) is 0 Å². The van der Waals surface area contributed by atoms with E-state index >= 15 is 0 Å². The van der Waals surface area contributed by atoms with Gasteiger partial charge in [0.2, 0.25) is 0 Å². The number of esters is 1. The molecule has 9 heteroatoms. The normalized spacial score (nSPS) is 12.5. The van der Waals surface area contributed by atoms with Crippen LogP contribution in [-0.2, 0) is 11.2 Å². The second kappa shape index (κ2) is 8.02. The standard InChI is InChI=1S/C22H20N4O5/c1-3-31-22(28)19-13-23-25(14(19)2)17-7-5-16(6-8-17)21(27)24-11-10-15-4-9-18(26(29)30)12-20(15)24/h4-9,12-13H,3,10-11H2,1-2H3. The highest BCUT2D eigenvalue weighted by atomic mass is 16.6. The number of ether oxygens (including phenoxy) is 1. The van der Waals surface area contributed by atoms with E-state index in [-0.39, 0.29) is 18.2 Å². The highest BCUT2D eigenvalue weighted by molar-refractivity contribution is 6.07. The summed E-state index contributed by atoms with van der Waals surface area (Å²) < 4.78 is 6.64. The van der Waals surface area contributed by atoms with Crippen LogP contribution >= 0.6 is 0 Å². The van der Waals surface area contributed by atoms with E-state index in [9.17, 15) is 19.7 Å². The van der Waals surface area contributed by atoms with Gasteiger partial charge < -0.3 is 9.64 Å². The fourth-order valence-corrected chi connectivity index (χ4v) is 3.67. The maximum absolute atomic E-state index is 13.0. The van der Waals surface area contributed by atoms with Crippen LogP contribution in [0.2, 0.25) is 0 Å². The molecule has 0 radical (unpaired) electrons. The second-order valence-corrected chi connectivity index (χ2v) is 7.10. The van der Waals surface area contributed by atoms with Gasteiger partial charge in [-0.3, -0.25) is 14.9 Å². The number of hydrogen-bond acceptors (Lipinski definition) is 6. The molecule has 0 fully saturated rings. The van der Waals surface area contributed by atoms with E-state index in [1.807, 2.05) is 0 Å². The zero-order valence-corrected chi connectivity index (χ0v) is 17.1. The van der Waals surface area contributed by atoms with Crippen LogP contribution in [-0.4, -0.2) is 39.7 Å². The van der Waals surface area contributed by atoms with E-state index in [0.29, 0.717) is 41.2 Å². The van der Waals surface area contributed by atoms with Gasteiger partial charge in [-0.05, 0) is 50.1 Å². The van der Waals surface area contributed by atoms with Crippen molar-refractivity contribution >= 4 is 23.3 Å². The van der Waals surface area contributed by atoms with Gasteiger partial charge in [0.05, 0.1) is 34.8 Å². The molecule has 1 aliphatic rings. The average Bonchev–Trinajstić information content (AvgIpc) is 3.36. The summed E-state index contributed by atoms with van der Waals surface area (Å²) in [5, 5.41) is 15.3. The number of non-ortho nitro benzene ring substituents is 1. The number of aromatic nitrogens is 2. The Balaban J connectivity index is 1.58. The van der Waals surface area contributed by atoms with Crippen LogP contribution in [0.3, 0.4) is 0 Å². The zero-order chi connectivity index (χ0) is 22.1. The quantitative estimate of drug-likeness (QED) is 0.355. The fourth-order valence-electron chi connectivity index (χ4n) is 3.67. The monoisotopic (exact) mass is 420 g/mol. The molecule has 1 aliphatic heterocycles. The number of rotatable bonds is 5. The third kappa shape index (κ3) is 3.65. The molecule has 3 aromatic rings. The molecule has 31 heavy (non-hydrogen) atoms.